The van der Waals surface area contributed by atoms with Gasteiger partial charge in [0.2, 0.25) is 0 Å². The van der Waals surface area contributed by atoms with Crippen LogP contribution in [0.25, 0.3) is 0 Å². The lowest BCUT2D eigenvalue weighted by Crippen LogP contribution is -2.16. The topological polar surface area (TPSA) is 12.0 Å². The first-order valence-electron chi connectivity index (χ1n) is 6.16. The van der Waals surface area contributed by atoms with Crippen molar-refractivity contribution in [2.75, 3.05) is 11.9 Å². The van der Waals surface area contributed by atoms with Crippen LogP contribution in [0.15, 0.2) is 47.4 Å². The van der Waals surface area contributed by atoms with Gasteiger partial charge in [0.05, 0.1) is 15.7 Å². The number of halogens is 2. The molecule has 4 heteroatoms. The van der Waals surface area contributed by atoms with Crippen LogP contribution in [0.4, 0.5) is 5.69 Å². The number of para-hydroxylation sites is 1. The van der Waals surface area contributed by atoms with Gasteiger partial charge in [-0.1, -0.05) is 47.5 Å². The molecule has 3 rings (SSSR count). The summed E-state index contributed by atoms with van der Waals surface area (Å²) in [4.78, 5) is 1.39. The number of rotatable bonds is 3. The van der Waals surface area contributed by atoms with Gasteiger partial charge in [0, 0.05) is 16.7 Å². The molecule has 1 N–H and O–H groups in total. The number of anilines is 1. The Hall–Kier alpha value is -0.830. The Morgan fingerprint density at radius 1 is 1.05 bits per heavy atom. The van der Waals surface area contributed by atoms with E-state index in [1.807, 2.05) is 30.0 Å². The zero-order valence-electron chi connectivity index (χ0n) is 10.2. The van der Waals surface area contributed by atoms with Crippen molar-refractivity contribution < 1.29 is 0 Å². The summed E-state index contributed by atoms with van der Waals surface area (Å²) in [5.74, 6) is 0. The van der Waals surface area contributed by atoms with E-state index in [0.29, 0.717) is 15.3 Å². The molecule has 0 aliphatic carbocycles. The van der Waals surface area contributed by atoms with Crippen LogP contribution in [0.1, 0.15) is 5.56 Å². The minimum absolute atomic E-state index is 0.532. The Bertz CT molecular complexity index is 555. The predicted octanol–water partition coefficient (Wildman–Crippen LogP) is 5.12. The van der Waals surface area contributed by atoms with E-state index in [2.05, 4.69) is 29.6 Å². The highest BCUT2D eigenvalue weighted by Crippen LogP contribution is 2.37. The van der Waals surface area contributed by atoms with Crippen LogP contribution in [0.2, 0.25) is 10.0 Å². The highest BCUT2D eigenvalue weighted by molar-refractivity contribution is 8.00. The third-order valence-corrected chi connectivity index (χ3v) is 5.13. The minimum atomic E-state index is 0.532. The van der Waals surface area contributed by atoms with Crippen molar-refractivity contribution in [2.24, 2.45) is 0 Å². The number of thioether (sulfide) groups is 1. The van der Waals surface area contributed by atoms with Crippen LogP contribution in [0.5, 0.6) is 0 Å². The molecule has 0 bridgehead atoms. The molecule has 1 aliphatic rings. The molecule has 1 unspecified atom stereocenters. The highest BCUT2D eigenvalue weighted by atomic mass is 35.5. The molecule has 0 saturated carbocycles. The number of hydrogen-bond acceptors (Lipinski definition) is 2. The van der Waals surface area contributed by atoms with Crippen molar-refractivity contribution in [3.8, 4) is 0 Å². The molecular formula is C15H13Cl2NS. The quantitative estimate of drug-likeness (QED) is 0.844. The second kappa shape index (κ2) is 5.66. The van der Waals surface area contributed by atoms with Gasteiger partial charge in [-0.15, -0.1) is 11.8 Å². The van der Waals surface area contributed by atoms with Crippen LogP contribution in [-0.2, 0) is 6.42 Å². The van der Waals surface area contributed by atoms with E-state index < -0.39 is 0 Å². The minimum Gasteiger partial charge on any atom is -0.381 e. The maximum absolute atomic E-state index is 6.15. The molecule has 1 nitrogen and oxygen atoms in total. The molecule has 0 saturated heterocycles. The van der Waals surface area contributed by atoms with E-state index in [9.17, 15) is 0 Å². The summed E-state index contributed by atoms with van der Waals surface area (Å²) >= 11 is 14.2. The Morgan fingerprint density at radius 3 is 2.53 bits per heavy atom. The highest BCUT2D eigenvalue weighted by Gasteiger charge is 2.21. The maximum atomic E-state index is 6.15. The first kappa shape index (κ1) is 13.2. The van der Waals surface area contributed by atoms with Gasteiger partial charge in [-0.3, -0.25) is 0 Å². The molecule has 98 valence electrons. The van der Waals surface area contributed by atoms with Crippen molar-refractivity contribution in [1.29, 1.82) is 0 Å². The van der Waals surface area contributed by atoms with Crippen LogP contribution in [0, 0.1) is 0 Å². The molecule has 0 amide bonds. The molecular weight excluding hydrogens is 297 g/mol. The van der Waals surface area contributed by atoms with Gasteiger partial charge in [0.1, 0.15) is 0 Å². The van der Waals surface area contributed by atoms with Gasteiger partial charge in [0.25, 0.3) is 0 Å². The largest absolute Gasteiger partial charge is 0.381 e. The smallest absolute Gasteiger partial charge is 0.0719 e. The Balaban J connectivity index is 1.66. The Morgan fingerprint density at radius 2 is 1.79 bits per heavy atom. The fourth-order valence-electron chi connectivity index (χ4n) is 2.25. The van der Waals surface area contributed by atoms with Crippen LogP contribution >= 0.6 is 35.0 Å². The molecule has 0 aromatic heterocycles. The predicted molar refractivity (Wildman–Crippen MR) is 84.7 cm³/mol. The Labute approximate surface area is 127 Å². The van der Waals surface area contributed by atoms with Gasteiger partial charge in [-0.2, -0.15) is 0 Å². The summed E-state index contributed by atoms with van der Waals surface area (Å²) in [5.41, 5.74) is 2.27. The van der Waals surface area contributed by atoms with Crippen molar-refractivity contribution >= 4 is 40.7 Å². The third-order valence-electron chi connectivity index (χ3n) is 3.18. The molecule has 19 heavy (non-hydrogen) atoms. The molecule has 1 atom stereocenters. The van der Waals surface area contributed by atoms with Crippen LogP contribution in [0.3, 0.4) is 0 Å². The normalized spacial score (nSPS) is 17.3. The lowest BCUT2D eigenvalue weighted by molar-refractivity contribution is 0.899. The van der Waals surface area contributed by atoms with Crippen molar-refractivity contribution in [2.45, 2.75) is 16.6 Å². The first-order valence-corrected chi connectivity index (χ1v) is 7.80. The summed E-state index contributed by atoms with van der Waals surface area (Å²) in [5, 5.41) is 5.25. The lowest BCUT2D eigenvalue weighted by atomic mass is 10.1. The number of nitrogens with one attached hydrogen (secondary N) is 1. The average molecular weight is 310 g/mol. The van der Waals surface area contributed by atoms with Crippen LogP contribution in [-0.4, -0.2) is 11.8 Å². The molecule has 0 fully saturated rings. The second-order valence-electron chi connectivity index (χ2n) is 4.53. The summed E-state index contributed by atoms with van der Waals surface area (Å²) in [6, 6.07) is 14.1. The Kier molecular flexibility index (Phi) is 3.92. The van der Waals surface area contributed by atoms with Crippen molar-refractivity contribution in [3.63, 3.8) is 0 Å². The van der Waals surface area contributed by atoms with E-state index in [0.717, 1.165) is 18.7 Å². The zero-order valence-corrected chi connectivity index (χ0v) is 12.5. The molecule has 0 radical (unpaired) electrons. The molecule has 1 aliphatic heterocycles. The van der Waals surface area contributed by atoms with Gasteiger partial charge in [0.15, 0.2) is 0 Å². The van der Waals surface area contributed by atoms with E-state index >= 15 is 0 Å². The third kappa shape index (κ3) is 2.86. The van der Waals surface area contributed by atoms with Gasteiger partial charge >= 0.3 is 0 Å². The standard InChI is InChI=1S/C15H13Cl2NS/c16-12-5-3-6-13(17)15(12)18-9-11-8-10-4-1-2-7-14(10)19-11/h1-7,11,18H,8-9H2. The summed E-state index contributed by atoms with van der Waals surface area (Å²) < 4.78 is 0. The van der Waals surface area contributed by atoms with E-state index in [-0.39, 0.29) is 0 Å². The van der Waals surface area contributed by atoms with Gasteiger partial charge in [-0.05, 0) is 30.2 Å². The fraction of sp³-hybridized carbons (Fsp3) is 0.200. The molecule has 2 aromatic rings. The van der Waals surface area contributed by atoms with Crippen molar-refractivity contribution in [3.05, 3.63) is 58.1 Å². The molecule has 1 heterocycles. The van der Waals surface area contributed by atoms with Crippen molar-refractivity contribution in [1.82, 2.24) is 0 Å². The van der Waals surface area contributed by atoms with Gasteiger partial charge in [-0.25, -0.2) is 0 Å². The molecule has 2 aromatic carbocycles. The first-order chi connectivity index (χ1) is 9.24. The molecule has 0 spiro atoms. The summed E-state index contributed by atoms with van der Waals surface area (Å²) in [7, 11) is 0. The number of hydrogen-bond donors (Lipinski definition) is 1. The monoisotopic (exact) mass is 309 g/mol. The second-order valence-corrected chi connectivity index (χ2v) is 6.69. The zero-order chi connectivity index (χ0) is 13.2. The van der Waals surface area contributed by atoms with E-state index in [4.69, 9.17) is 23.2 Å². The lowest BCUT2D eigenvalue weighted by Gasteiger charge is -2.13. The number of fused-ring (bicyclic) bond motifs is 1. The fourth-order valence-corrected chi connectivity index (χ4v) is 4.03. The SMILES string of the molecule is Clc1cccc(Cl)c1NCC1Cc2ccccc2S1. The maximum Gasteiger partial charge on any atom is 0.0719 e. The summed E-state index contributed by atoms with van der Waals surface area (Å²) in [6.07, 6.45) is 1.09. The number of benzene rings is 2. The van der Waals surface area contributed by atoms with Gasteiger partial charge < -0.3 is 5.32 Å². The average Bonchev–Trinajstić information content (AvgIpc) is 2.81. The van der Waals surface area contributed by atoms with E-state index in [1.165, 1.54) is 10.5 Å². The summed E-state index contributed by atoms with van der Waals surface area (Å²) in [6.45, 7) is 0.864. The van der Waals surface area contributed by atoms with Crippen LogP contribution < -0.4 is 5.32 Å². The van der Waals surface area contributed by atoms with E-state index in [1.54, 1.807) is 0 Å².